The highest BCUT2D eigenvalue weighted by Crippen LogP contribution is 2.21. The minimum atomic E-state index is -2.80. The highest BCUT2D eigenvalue weighted by Gasteiger charge is 2.43. The molecule has 3 rings (SSSR count). The molecule has 15 amide bonds. The van der Waals surface area contributed by atoms with Crippen LogP contribution in [-0.4, -0.2) is 266 Å². The van der Waals surface area contributed by atoms with Crippen molar-refractivity contribution >= 4 is 129 Å². The number of benzene rings is 1. The van der Waals surface area contributed by atoms with E-state index >= 15 is 0 Å². The van der Waals surface area contributed by atoms with Crippen LogP contribution >= 0.6 is 0 Å². The number of hydrogen-bond acceptors (Lipinski definition) is 23. The Hall–Kier alpha value is -11.9. The molecule has 1 aromatic heterocycles. The Morgan fingerprint density at radius 2 is 1.21 bits per heavy atom. The Bertz CT molecular complexity index is 3780. The quantitative estimate of drug-likeness (QED) is 0.0233. The number of likely N-dealkylation sites (N-methyl/N-ethyl adjacent to an activating group) is 1. The topological polar surface area (TPSA) is 676 Å². The summed E-state index contributed by atoms with van der Waals surface area (Å²) >= 11 is 0. The van der Waals surface area contributed by atoms with Crippen molar-refractivity contribution in [2.75, 3.05) is 27.2 Å². The number of carbonyl (C=O) groups is 20. The first-order valence-electron chi connectivity index (χ1n) is 35.8. The molecule has 0 saturated carbocycles. The van der Waals surface area contributed by atoms with E-state index in [1.54, 1.807) is 30.5 Å². The van der Waals surface area contributed by atoms with Gasteiger partial charge in [-0.15, -0.1) is 0 Å². The number of hydrogen-bond donors (Lipinski definition) is 20. The van der Waals surface area contributed by atoms with Gasteiger partial charge >= 0.3 is 29.8 Å². The van der Waals surface area contributed by atoms with Crippen molar-refractivity contribution in [3.8, 4) is 0 Å². The van der Waals surface area contributed by atoms with Crippen LogP contribution in [0.2, 0.25) is 0 Å². The summed E-state index contributed by atoms with van der Waals surface area (Å²) in [5.41, 5.74) is 12.0. The summed E-state index contributed by atoms with van der Waals surface area (Å²) in [6, 6.07) is -15.6. The molecule has 2 heterocycles. The molecule has 0 spiro atoms. The van der Waals surface area contributed by atoms with Gasteiger partial charge in [-0.1, -0.05) is 78.0 Å². The van der Waals surface area contributed by atoms with Gasteiger partial charge in [0, 0.05) is 56.9 Å². The number of nitrogens with one attached hydrogen (secondary N) is 13. The molecule has 1 aliphatic heterocycles. The van der Waals surface area contributed by atoms with Gasteiger partial charge in [-0.2, -0.15) is 0 Å². The van der Waals surface area contributed by atoms with Gasteiger partial charge in [0.05, 0.1) is 25.9 Å². The molecular weight excluding hydrogens is 1480 g/mol. The smallest absolute Gasteiger partial charge is 0.335 e. The van der Waals surface area contributed by atoms with Crippen LogP contribution in [0.4, 0.5) is 0 Å². The third kappa shape index (κ3) is 31.2. The lowest BCUT2D eigenvalue weighted by Crippen LogP contribution is -2.64. The molecule has 0 aliphatic carbocycles. The van der Waals surface area contributed by atoms with Crippen LogP contribution < -0.4 is 75.3 Å². The molecule has 0 bridgehead atoms. The molecule has 1 fully saturated rings. The zero-order chi connectivity index (χ0) is 84.5. The van der Waals surface area contributed by atoms with Crippen molar-refractivity contribution < 1.29 is 131 Å². The van der Waals surface area contributed by atoms with Gasteiger partial charge in [0.25, 0.3) is 0 Å². The highest BCUT2D eigenvalue weighted by molar-refractivity contribution is 6.02. The van der Waals surface area contributed by atoms with Crippen LogP contribution in [0.5, 0.6) is 0 Å². The zero-order valence-corrected chi connectivity index (χ0v) is 63.3. The van der Waals surface area contributed by atoms with Crippen molar-refractivity contribution in [1.82, 2.24) is 73.7 Å². The Balaban J connectivity index is 2.22. The molecule has 0 radical (unpaired) electrons. The SMILES string of the molecule is CCC(C)CCCCCCC(=O)NC(Cc1c[nH]c2ccccc12)C(=O)NC(CCC(=O)O)C(=O)NC(C(=O)NC1C(=O)N(C)CC(=O)NC(C)C(=O)NC(CC(=O)O)C(=O)NC(C)C(=O)NC(C(OC)C(=O)O)C(=O)NCC(=O)NC(CC(N)=O)C(=O)NC(CCC(=O)O)C(=O)NC(C(C)C)C(=O)OC1C)C(O)C(N)=O. The second-order valence-electron chi connectivity index (χ2n) is 27.2. The number of rotatable bonds is 33. The molecule has 15 atom stereocenters. The minimum absolute atomic E-state index is 0.0243. The van der Waals surface area contributed by atoms with Crippen LogP contribution in [0.3, 0.4) is 0 Å². The number of para-hydroxylation sites is 1. The number of aromatic amines is 1. The number of H-pyrrole nitrogens is 1. The summed E-state index contributed by atoms with van der Waals surface area (Å²) in [6.07, 6.45) is -6.60. The van der Waals surface area contributed by atoms with Crippen LogP contribution in [0, 0.1) is 11.8 Å². The Kier molecular flexibility index (Phi) is 38.7. The van der Waals surface area contributed by atoms with Gasteiger partial charge in [-0.3, -0.25) is 86.3 Å². The fraction of sp³-hybridized carbons (Fsp3) is 0.594. The molecule has 2 aromatic rings. The Morgan fingerprint density at radius 3 is 1.80 bits per heavy atom. The normalized spacial score (nSPS) is 22.2. The van der Waals surface area contributed by atoms with Gasteiger partial charge in [-0.05, 0) is 63.5 Å². The number of carbonyl (C=O) groups excluding carboxylic acids is 16. The van der Waals surface area contributed by atoms with E-state index in [1.165, 1.54) is 13.8 Å². The average molecular weight is 1590 g/mol. The number of nitrogens with zero attached hydrogens (tertiary/aromatic N) is 1. The number of primary amides is 2. The van der Waals surface area contributed by atoms with E-state index in [0.717, 1.165) is 60.6 Å². The van der Waals surface area contributed by atoms with E-state index in [-0.39, 0.29) is 12.8 Å². The molecular formula is C69H102N16O27. The number of aliphatic hydroxyl groups excluding tert-OH is 1. The number of methoxy groups -OCH3 is 1. The van der Waals surface area contributed by atoms with Gasteiger partial charge in [-0.25, -0.2) is 9.59 Å². The first kappa shape index (κ1) is 94.3. The summed E-state index contributed by atoms with van der Waals surface area (Å²) in [5, 5.41) is 77.0. The van der Waals surface area contributed by atoms with Gasteiger partial charge in [0.1, 0.15) is 72.6 Å². The summed E-state index contributed by atoms with van der Waals surface area (Å²) < 4.78 is 10.6. The average Bonchev–Trinajstić information content (AvgIpc) is 1.50. The number of amides is 15. The maximum absolute atomic E-state index is 14.9. The standard InChI is InChI=1S/C69H102N16O27/c1-10-32(4)17-13-11-12-14-20-45(87)76-41(25-36-28-72-38-19-16-15-18-37(36)38)63(103)78-40(22-24-49(92)93)61(101)83-53(55(96)57(71)97)66(106)82-52-35(7)112-69(110)51(31(2)3)81-60(100)39(21-23-48(90)91)79-64(104)42(26-44(70)86)77-46(88)29-73-65(105)54(56(111-9)68(108)109)84-59(99)34(6)75-62(102)43(27-50(94)95)80-58(98)33(5)74-47(89)30-85(8)67(52)107/h15-16,18-19,28,31-35,39-43,51-56,72,96H,10-14,17,20-27,29-30H2,1-9H3,(H2,70,86)(H2,71,97)(H,73,105)(H,74,89)(H,75,102)(H,76,87)(H,77,88)(H,78,103)(H,79,104)(H,80,98)(H,81,100)(H,82,106)(H,83,101)(H,84,99)(H,90,91)(H,92,93)(H,94,95)(H,108,109). The molecule has 620 valence electrons. The van der Waals surface area contributed by atoms with E-state index in [0.29, 0.717) is 40.1 Å². The maximum Gasteiger partial charge on any atom is 0.335 e. The number of carboxylic acids is 4. The van der Waals surface area contributed by atoms with Crippen LogP contribution in [0.15, 0.2) is 30.5 Å². The Morgan fingerprint density at radius 1 is 0.625 bits per heavy atom. The molecule has 43 heteroatoms. The number of aromatic nitrogens is 1. The third-order valence-electron chi connectivity index (χ3n) is 17.8. The molecule has 1 aliphatic rings. The molecule has 22 N–H and O–H groups in total. The van der Waals surface area contributed by atoms with Gasteiger partial charge < -0.3 is 120 Å². The van der Waals surface area contributed by atoms with E-state index in [9.17, 15) is 121 Å². The lowest BCUT2D eigenvalue weighted by atomic mass is 10.00. The van der Waals surface area contributed by atoms with Crippen molar-refractivity contribution in [2.45, 2.75) is 223 Å². The van der Waals surface area contributed by atoms with E-state index in [4.69, 9.17) is 20.9 Å². The van der Waals surface area contributed by atoms with Crippen molar-refractivity contribution in [2.24, 2.45) is 23.3 Å². The number of carboxylic acid groups (broad SMARTS) is 4. The van der Waals surface area contributed by atoms with Crippen molar-refractivity contribution in [3.63, 3.8) is 0 Å². The Labute approximate surface area is 641 Å². The van der Waals surface area contributed by atoms with Crippen LogP contribution in [-0.2, 0) is 112 Å². The first-order chi connectivity index (χ1) is 52.5. The summed E-state index contributed by atoms with van der Waals surface area (Å²) in [6.45, 7) is 7.35. The summed E-state index contributed by atoms with van der Waals surface area (Å²) in [7, 11) is 1.68. The fourth-order valence-electron chi connectivity index (χ4n) is 11.2. The maximum atomic E-state index is 14.9. The second-order valence-corrected chi connectivity index (χ2v) is 27.2. The number of aliphatic carboxylic acids is 4. The lowest BCUT2D eigenvalue weighted by molar-refractivity contribution is -0.159. The number of esters is 1. The predicted octanol–water partition coefficient (Wildman–Crippen LogP) is -6.33. The molecule has 15 unspecified atom stereocenters. The molecule has 1 aromatic carbocycles. The van der Waals surface area contributed by atoms with Crippen molar-refractivity contribution in [1.29, 1.82) is 0 Å². The number of cyclic esters (lactones) is 1. The third-order valence-corrected chi connectivity index (χ3v) is 17.8. The van der Waals surface area contributed by atoms with Gasteiger partial charge in [0.2, 0.25) is 88.6 Å². The highest BCUT2D eigenvalue weighted by atomic mass is 16.5. The van der Waals surface area contributed by atoms with Crippen molar-refractivity contribution in [3.05, 3.63) is 36.0 Å². The van der Waals surface area contributed by atoms with Gasteiger partial charge in [0.15, 0.2) is 12.2 Å². The second kappa shape index (κ2) is 45.9. The number of aliphatic hydroxyl groups is 1. The van der Waals surface area contributed by atoms with E-state index in [1.807, 2.05) is 21.3 Å². The molecule has 1 saturated heterocycles. The minimum Gasteiger partial charge on any atom is -0.481 e. The summed E-state index contributed by atoms with van der Waals surface area (Å²) in [4.78, 5) is 274. The fourth-order valence-corrected chi connectivity index (χ4v) is 11.2. The lowest BCUT2D eigenvalue weighted by Gasteiger charge is -2.32. The largest absolute Gasteiger partial charge is 0.481 e. The number of fused-ring (bicyclic) bond motifs is 1. The first-order valence-corrected chi connectivity index (χ1v) is 35.8. The summed E-state index contributed by atoms with van der Waals surface area (Å²) in [5.74, 6) is -29.1. The number of ether oxygens (including phenoxy) is 2. The van der Waals surface area contributed by atoms with Crippen LogP contribution in [0.1, 0.15) is 138 Å². The number of nitrogens with two attached hydrogens (primary N) is 2. The predicted molar refractivity (Wildman–Crippen MR) is 386 cm³/mol. The monoisotopic (exact) mass is 1590 g/mol. The number of unbranched alkanes of at least 4 members (excludes halogenated alkanes) is 3. The molecule has 43 nitrogen and oxygen atoms in total. The van der Waals surface area contributed by atoms with Crippen LogP contribution in [0.25, 0.3) is 10.9 Å². The van der Waals surface area contributed by atoms with E-state index < -0.39 is 261 Å². The van der Waals surface area contributed by atoms with E-state index in [2.05, 4.69) is 61.4 Å². The zero-order valence-electron chi connectivity index (χ0n) is 63.3. The molecule has 112 heavy (non-hydrogen) atoms.